The molecule has 1 heterocycles. The minimum absolute atomic E-state index is 0.0691. The number of carbonyl (C=O) groups is 3. The van der Waals surface area contributed by atoms with Crippen molar-refractivity contribution in [2.24, 2.45) is 11.8 Å². The number of fused-ring (bicyclic) bond motifs is 5. The summed E-state index contributed by atoms with van der Waals surface area (Å²) in [4.78, 5) is 58.7. The van der Waals surface area contributed by atoms with Crippen molar-refractivity contribution < 1.29 is 19.3 Å². The molecule has 240 valence electrons. The van der Waals surface area contributed by atoms with Gasteiger partial charge in [0.1, 0.15) is 5.69 Å². The van der Waals surface area contributed by atoms with E-state index in [1.54, 1.807) is 48.5 Å². The van der Waals surface area contributed by atoms with Crippen LogP contribution >= 0.6 is 34.8 Å². The number of halogens is 3. The molecule has 0 aromatic heterocycles. The van der Waals surface area contributed by atoms with Gasteiger partial charge >= 0.3 is 0 Å². The normalized spacial score (nSPS) is 24.1. The van der Waals surface area contributed by atoms with E-state index < -0.39 is 45.1 Å². The van der Waals surface area contributed by atoms with Crippen molar-refractivity contribution in [2.45, 2.75) is 10.8 Å². The fraction of sp³-hybridized carbons (Fsp3) is 0.103. The first-order valence-electron chi connectivity index (χ1n) is 15.4. The van der Waals surface area contributed by atoms with E-state index in [0.717, 1.165) is 11.0 Å². The Morgan fingerprint density at radius 3 is 1.39 bits per heavy atom. The minimum atomic E-state index is -1.70. The Bertz CT molecular complexity index is 2130. The maximum Gasteiger partial charge on any atom is 0.294 e. The number of ketones is 1. The van der Waals surface area contributed by atoms with Crippen LogP contribution in [-0.4, -0.2) is 22.5 Å². The first kappa shape index (κ1) is 31.2. The lowest BCUT2D eigenvalue weighted by molar-refractivity contribution is -0.384. The highest BCUT2D eigenvalue weighted by atomic mass is 35.5. The number of carbonyl (C=O) groups excluding carboxylic acids is 3. The van der Waals surface area contributed by atoms with Crippen molar-refractivity contribution in [1.82, 2.24) is 0 Å². The molecule has 2 fully saturated rings. The zero-order valence-electron chi connectivity index (χ0n) is 25.3. The van der Waals surface area contributed by atoms with Gasteiger partial charge in [0, 0.05) is 21.1 Å². The largest absolute Gasteiger partial charge is 0.297 e. The van der Waals surface area contributed by atoms with Crippen LogP contribution in [0.4, 0.5) is 11.4 Å². The number of Topliss-reactive ketones (excluding diaryl/α,β-unsaturated/α-hetero) is 1. The first-order chi connectivity index (χ1) is 23.6. The number of nitrogens with zero attached hydrogens (tertiary/aromatic N) is 2. The van der Waals surface area contributed by atoms with Crippen LogP contribution in [0.2, 0.25) is 15.1 Å². The summed E-state index contributed by atoms with van der Waals surface area (Å²) in [7, 11) is 0. The Balaban J connectivity index is 1.55. The van der Waals surface area contributed by atoms with Crippen LogP contribution in [0, 0.1) is 22.0 Å². The van der Waals surface area contributed by atoms with Crippen molar-refractivity contribution >= 4 is 74.9 Å². The molecular weight excluding hydrogens is 683 g/mol. The summed E-state index contributed by atoms with van der Waals surface area (Å²) in [5.74, 6) is -4.34. The smallest absolute Gasteiger partial charge is 0.294 e. The van der Waals surface area contributed by atoms with E-state index in [1.807, 2.05) is 60.7 Å². The molecule has 3 aliphatic rings. The molecule has 0 radical (unpaired) electrons. The number of amides is 2. The SMILES string of the molecule is O=C1[C@@H]2[C@H](C(=O)N1c1ccc(Cl)cc1[N+](=O)[O-])[C@@]1(c3ccc(Cl)cc3)C(=O)[C@@]2(c2ccc(Cl)cc2)C(c2ccccc2)=C1c1ccccc1. The second kappa shape index (κ2) is 11.2. The Kier molecular flexibility index (Phi) is 7.16. The molecule has 5 aromatic rings. The van der Waals surface area contributed by atoms with E-state index in [1.165, 1.54) is 12.1 Å². The third-order valence-electron chi connectivity index (χ3n) is 10.1. The summed E-state index contributed by atoms with van der Waals surface area (Å²) in [5.41, 5.74) is -0.636. The van der Waals surface area contributed by atoms with Gasteiger partial charge in [0.2, 0.25) is 11.8 Å². The van der Waals surface area contributed by atoms with Gasteiger partial charge in [-0.05, 0) is 69.8 Å². The van der Waals surface area contributed by atoms with E-state index in [0.29, 0.717) is 43.4 Å². The van der Waals surface area contributed by atoms with Gasteiger partial charge in [0.25, 0.3) is 5.69 Å². The van der Waals surface area contributed by atoms with Crippen molar-refractivity contribution in [1.29, 1.82) is 0 Å². The molecule has 1 aliphatic heterocycles. The van der Waals surface area contributed by atoms with Crippen molar-refractivity contribution in [3.63, 3.8) is 0 Å². The van der Waals surface area contributed by atoms with E-state index in [-0.39, 0.29) is 16.5 Å². The van der Waals surface area contributed by atoms with E-state index in [2.05, 4.69) is 0 Å². The van der Waals surface area contributed by atoms with Gasteiger partial charge in [0.15, 0.2) is 5.78 Å². The van der Waals surface area contributed by atoms with Crippen LogP contribution < -0.4 is 4.90 Å². The summed E-state index contributed by atoms with van der Waals surface area (Å²) in [6.45, 7) is 0. The van der Waals surface area contributed by atoms with Gasteiger partial charge in [0.05, 0.1) is 27.6 Å². The zero-order chi connectivity index (χ0) is 34.2. The molecule has 8 rings (SSSR count). The predicted octanol–water partition coefficient (Wildman–Crippen LogP) is 8.74. The average Bonchev–Trinajstić information content (AvgIpc) is 3.61. The number of hydrogen-bond donors (Lipinski definition) is 0. The second-order valence-corrected chi connectivity index (χ2v) is 13.6. The van der Waals surface area contributed by atoms with E-state index in [9.17, 15) is 10.1 Å². The number of rotatable bonds is 6. The molecule has 1 saturated heterocycles. The predicted molar refractivity (Wildman–Crippen MR) is 189 cm³/mol. The molecule has 0 unspecified atom stereocenters. The maximum absolute atomic E-state index is 16.0. The molecule has 10 heteroatoms. The van der Waals surface area contributed by atoms with Crippen LogP contribution in [0.25, 0.3) is 11.1 Å². The van der Waals surface area contributed by atoms with Crippen LogP contribution in [0.15, 0.2) is 127 Å². The Morgan fingerprint density at radius 2 is 0.980 bits per heavy atom. The lowest BCUT2D eigenvalue weighted by Gasteiger charge is -2.39. The minimum Gasteiger partial charge on any atom is -0.297 e. The van der Waals surface area contributed by atoms with Crippen LogP contribution in [0.1, 0.15) is 22.3 Å². The monoisotopic (exact) mass is 704 g/mol. The Labute approximate surface area is 295 Å². The fourth-order valence-corrected chi connectivity index (χ4v) is 8.85. The lowest BCUT2D eigenvalue weighted by Crippen LogP contribution is -2.45. The third kappa shape index (κ3) is 4.13. The highest BCUT2D eigenvalue weighted by molar-refractivity contribution is 6.39. The molecule has 1 saturated carbocycles. The highest BCUT2D eigenvalue weighted by Gasteiger charge is 2.83. The van der Waals surface area contributed by atoms with Gasteiger partial charge in [-0.3, -0.25) is 24.5 Å². The van der Waals surface area contributed by atoms with Crippen molar-refractivity contribution in [3.8, 4) is 0 Å². The van der Waals surface area contributed by atoms with Crippen LogP contribution in [-0.2, 0) is 25.2 Å². The summed E-state index contributed by atoms with van der Waals surface area (Å²) >= 11 is 18.9. The number of benzene rings is 5. The van der Waals surface area contributed by atoms with Crippen molar-refractivity contribution in [3.05, 3.63) is 175 Å². The topological polar surface area (TPSA) is 97.6 Å². The van der Waals surface area contributed by atoms with Gasteiger partial charge in [-0.15, -0.1) is 0 Å². The molecule has 0 spiro atoms. The molecule has 2 bridgehead atoms. The van der Waals surface area contributed by atoms with Gasteiger partial charge < -0.3 is 0 Å². The van der Waals surface area contributed by atoms with Gasteiger partial charge in [-0.1, -0.05) is 120 Å². The van der Waals surface area contributed by atoms with E-state index >= 15 is 14.4 Å². The molecular formula is C39H23Cl3N2O5. The van der Waals surface area contributed by atoms with Crippen molar-refractivity contribution in [2.75, 3.05) is 4.90 Å². The fourth-order valence-electron chi connectivity index (χ4n) is 8.43. The maximum atomic E-state index is 16.0. The lowest BCUT2D eigenvalue weighted by atomic mass is 9.59. The summed E-state index contributed by atoms with van der Waals surface area (Å²) < 4.78 is 0. The number of allylic oxidation sites excluding steroid dienone is 2. The van der Waals surface area contributed by atoms with Crippen LogP contribution in [0.5, 0.6) is 0 Å². The molecule has 49 heavy (non-hydrogen) atoms. The number of nitro groups is 1. The molecule has 0 N–H and O–H groups in total. The third-order valence-corrected chi connectivity index (χ3v) is 10.8. The zero-order valence-corrected chi connectivity index (χ0v) is 27.6. The molecule has 4 atom stereocenters. The number of anilines is 1. The van der Waals surface area contributed by atoms with E-state index in [4.69, 9.17) is 34.8 Å². The first-order valence-corrected chi connectivity index (χ1v) is 16.5. The Hall–Kier alpha value is -5.08. The Morgan fingerprint density at radius 1 is 0.571 bits per heavy atom. The number of imide groups is 1. The highest BCUT2D eigenvalue weighted by Crippen LogP contribution is 2.74. The number of nitro benzene ring substituents is 1. The number of hydrogen-bond acceptors (Lipinski definition) is 5. The molecule has 7 nitrogen and oxygen atoms in total. The van der Waals surface area contributed by atoms with Gasteiger partial charge in [-0.2, -0.15) is 0 Å². The summed E-state index contributed by atoms with van der Waals surface area (Å²) in [5, 5.41) is 13.2. The quantitative estimate of drug-likeness (QED) is 0.100. The van der Waals surface area contributed by atoms with Gasteiger partial charge in [-0.25, -0.2) is 4.90 Å². The molecule has 5 aromatic carbocycles. The summed E-state index contributed by atoms with van der Waals surface area (Å²) in [6.07, 6.45) is 0. The second-order valence-electron chi connectivity index (χ2n) is 12.3. The standard InChI is InChI=1S/C39H23Cl3N2O5/c40-26-15-11-24(12-16-26)38-31(22-7-3-1-4-8-22)32(23-9-5-2-6-10-23)39(37(38)47,25-13-17-27(41)18-14-25)34-33(38)35(45)43(36(34)46)29-20-19-28(42)21-30(29)44(48)49/h1-21,33-34H/t33-,34+,38-,39-/m0/s1. The molecule has 2 amide bonds. The summed E-state index contributed by atoms with van der Waals surface area (Å²) in [6, 6.07) is 36.0. The van der Waals surface area contributed by atoms with Crippen LogP contribution in [0.3, 0.4) is 0 Å². The average molecular weight is 706 g/mol. The molecule has 2 aliphatic carbocycles.